The fraction of sp³-hybridized carbons (Fsp3) is 0.450. The fourth-order valence-corrected chi connectivity index (χ4v) is 4.53. The summed E-state index contributed by atoms with van der Waals surface area (Å²) in [6, 6.07) is 5.83. The van der Waals surface area contributed by atoms with Crippen molar-refractivity contribution in [1.82, 2.24) is 15.2 Å². The van der Waals surface area contributed by atoms with Crippen molar-refractivity contribution in [2.75, 3.05) is 13.1 Å². The summed E-state index contributed by atoms with van der Waals surface area (Å²) < 4.78 is 0. The van der Waals surface area contributed by atoms with E-state index in [9.17, 15) is 9.59 Å². The molecule has 2 aromatic heterocycles. The highest BCUT2D eigenvalue weighted by atomic mass is 32.1. The van der Waals surface area contributed by atoms with Crippen molar-refractivity contribution in [3.63, 3.8) is 0 Å². The molecule has 0 aromatic carbocycles. The second-order valence-electron chi connectivity index (χ2n) is 6.56. The van der Waals surface area contributed by atoms with Gasteiger partial charge in [-0.25, -0.2) is 0 Å². The highest BCUT2D eigenvalue weighted by Gasteiger charge is 2.28. The van der Waals surface area contributed by atoms with Crippen molar-refractivity contribution in [2.24, 2.45) is 5.92 Å². The molecule has 1 aliphatic rings. The minimum absolute atomic E-state index is 0.0230. The molecule has 0 saturated carbocycles. The lowest BCUT2D eigenvalue weighted by atomic mass is 9.87. The van der Waals surface area contributed by atoms with E-state index in [0.717, 1.165) is 42.8 Å². The van der Waals surface area contributed by atoms with Crippen molar-refractivity contribution >= 4 is 23.2 Å². The van der Waals surface area contributed by atoms with Gasteiger partial charge in [-0.2, -0.15) is 0 Å². The number of fused-ring (bicyclic) bond motifs is 1. The standard InChI is InChI=1S/C20H25N3O2S/c1-3-23(4-2)20(25)18-11-16-10-15(7-8-17(16)26-18)19(24)22-13-14-6-5-9-21-12-14/h5-6,9,11-12,15H,3-4,7-8,10,13H2,1-2H3,(H,22,24)/t15-/m0/s1. The summed E-state index contributed by atoms with van der Waals surface area (Å²) in [5.74, 6) is 0.166. The van der Waals surface area contributed by atoms with E-state index in [1.165, 1.54) is 10.4 Å². The minimum atomic E-state index is -0.0230. The van der Waals surface area contributed by atoms with Crippen LogP contribution in [0.15, 0.2) is 30.6 Å². The maximum Gasteiger partial charge on any atom is 0.263 e. The molecule has 1 atom stereocenters. The number of hydrogen-bond acceptors (Lipinski definition) is 4. The van der Waals surface area contributed by atoms with Crippen LogP contribution in [-0.2, 0) is 24.2 Å². The van der Waals surface area contributed by atoms with Crippen LogP contribution in [0.4, 0.5) is 0 Å². The summed E-state index contributed by atoms with van der Waals surface area (Å²) in [7, 11) is 0. The lowest BCUT2D eigenvalue weighted by Gasteiger charge is -2.21. The molecule has 0 bridgehead atoms. The number of aryl methyl sites for hydroxylation is 1. The number of nitrogens with one attached hydrogen (secondary N) is 1. The molecule has 0 fully saturated rings. The second-order valence-corrected chi connectivity index (χ2v) is 7.69. The Balaban J connectivity index is 1.62. The third-order valence-electron chi connectivity index (χ3n) is 4.90. The first-order valence-corrected chi connectivity index (χ1v) is 10.0. The molecular formula is C20H25N3O2S. The van der Waals surface area contributed by atoms with Crippen LogP contribution in [0.2, 0.25) is 0 Å². The summed E-state index contributed by atoms with van der Waals surface area (Å²) in [6.07, 6.45) is 5.92. The second kappa shape index (κ2) is 8.45. The topological polar surface area (TPSA) is 62.3 Å². The van der Waals surface area contributed by atoms with Gasteiger partial charge in [0.05, 0.1) is 4.88 Å². The van der Waals surface area contributed by atoms with Crippen molar-refractivity contribution in [3.05, 3.63) is 51.5 Å². The van der Waals surface area contributed by atoms with Gasteiger partial charge in [-0.3, -0.25) is 14.6 Å². The molecule has 3 rings (SSSR count). The summed E-state index contributed by atoms with van der Waals surface area (Å²) >= 11 is 1.60. The Morgan fingerprint density at radius 1 is 1.35 bits per heavy atom. The molecule has 0 spiro atoms. The minimum Gasteiger partial charge on any atom is -0.352 e. The molecule has 0 unspecified atom stereocenters. The van der Waals surface area contributed by atoms with Gasteiger partial charge in [-0.05, 0) is 56.4 Å². The van der Waals surface area contributed by atoms with Crippen LogP contribution in [-0.4, -0.2) is 34.8 Å². The van der Waals surface area contributed by atoms with Gasteiger partial charge in [-0.1, -0.05) is 6.07 Å². The lowest BCUT2D eigenvalue weighted by molar-refractivity contribution is -0.125. The Bertz CT molecular complexity index is 769. The van der Waals surface area contributed by atoms with E-state index in [-0.39, 0.29) is 17.7 Å². The highest BCUT2D eigenvalue weighted by molar-refractivity contribution is 7.14. The van der Waals surface area contributed by atoms with E-state index in [2.05, 4.69) is 10.3 Å². The van der Waals surface area contributed by atoms with Crippen LogP contribution in [0, 0.1) is 5.92 Å². The monoisotopic (exact) mass is 371 g/mol. The predicted octanol–water partition coefficient (Wildman–Crippen LogP) is 3.05. The molecule has 1 N–H and O–H groups in total. The van der Waals surface area contributed by atoms with Crippen molar-refractivity contribution < 1.29 is 9.59 Å². The van der Waals surface area contributed by atoms with Gasteiger partial charge < -0.3 is 10.2 Å². The van der Waals surface area contributed by atoms with Crippen LogP contribution in [0.1, 0.15) is 45.9 Å². The molecule has 0 aliphatic heterocycles. The third kappa shape index (κ3) is 4.12. The van der Waals surface area contributed by atoms with Gasteiger partial charge in [0.15, 0.2) is 0 Å². The number of nitrogens with zero attached hydrogens (tertiary/aromatic N) is 2. The van der Waals surface area contributed by atoms with Crippen LogP contribution in [0.5, 0.6) is 0 Å². The Hall–Kier alpha value is -2.21. The molecule has 138 valence electrons. The maximum absolute atomic E-state index is 12.6. The van der Waals surface area contributed by atoms with E-state index in [1.807, 2.05) is 36.9 Å². The van der Waals surface area contributed by atoms with Crippen molar-refractivity contribution in [2.45, 2.75) is 39.7 Å². The molecule has 2 heterocycles. The molecule has 0 saturated heterocycles. The van der Waals surface area contributed by atoms with Crippen LogP contribution >= 0.6 is 11.3 Å². The van der Waals surface area contributed by atoms with Gasteiger partial charge in [-0.15, -0.1) is 11.3 Å². The van der Waals surface area contributed by atoms with Crippen LogP contribution < -0.4 is 5.32 Å². The average molecular weight is 372 g/mol. The normalized spacial score (nSPS) is 16.0. The first-order chi connectivity index (χ1) is 12.6. The smallest absolute Gasteiger partial charge is 0.263 e. The Morgan fingerprint density at radius 3 is 2.85 bits per heavy atom. The molecule has 26 heavy (non-hydrogen) atoms. The number of rotatable bonds is 6. The predicted molar refractivity (Wildman–Crippen MR) is 103 cm³/mol. The number of hydrogen-bond donors (Lipinski definition) is 1. The summed E-state index contributed by atoms with van der Waals surface area (Å²) in [6.45, 7) is 5.94. The molecule has 1 aliphatic carbocycles. The number of thiophene rings is 1. The van der Waals surface area contributed by atoms with Gasteiger partial charge in [0.25, 0.3) is 5.91 Å². The molecule has 0 radical (unpaired) electrons. The van der Waals surface area contributed by atoms with Gasteiger partial charge in [0, 0.05) is 42.8 Å². The van der Waals surface area contributed by atoms with Crippen LogP contribution in [0.25, 0.3) is 0 Å². The van der Waals surface area contributed by atoms with E-state index in [0.29, 0.717) is 6.54 Å². The number of carbonyl (C=O) groups is 2. The zero-order valence-electron chi connectivity index (χ0n) is 15.3. The molecule has 5 nitrogen and oxygen atoms in total. The number of carbonyl (C=O) groups excluding carboxylic acids is 2. The van der Waals surface area contributed by atoms with Gasteiger partial charge in [0.1, 0.15) is 0 Å². The first-order valence-electron chi connectivity index (χ1n) is 9.19. The van der Waals surface area contributed by atoms with Gasteiger partial charge in [0.2, 0.25) is 5.91 Å². The molecule has 2 aromatic rings. The molecular weight excluding hydrogens is 346 g/mol. The number of aromatic nitrogens is 1. The van der Waals surface area contributed by atoms with E-state index < -0.39 is 0 Å². The first kappa shape index (κ1) is 18.6. The van der Waals surface area contributed by atoms with Gasteiger partial charge >= 0.3 is 0 Å². The maximum atomic E-state index is 12.6. The Labute approximate surface area is 158 Å². The van der Waals surface area contributed by atoms with Crippen molar-refractivity contribution in [3.8, 4) is 0 Å². The SMILES string of the molecule is CCN(CC)C(=O)c1cc2c(s1)CC[C@H](C(=O)NCc1cccnc1)C2. The Kier molecular flexibility index (Phi) is 6.04. The lowest BCUT2D eigenvalue weighted by Crippen LogP contribution is -2.33. The quantitative estimate of drug-likeness (QED) is 0.849. The largest absolute Gasteiger partial charge is 0.352 e. The Morgan fingerprint density at radius 2 is 2.15 bits per heavy atom. The highest BCUT2D eigenvalue weighted by Crippen LogP contribution is 2.33. The summed E-state index contributed by atoms with van der Waals surface area (Å²) in [5.41, 5.74) is 2.17. The number of amides is 2. The average Bonchev–Trinajstić information content (AvgIpc) is 3.11. The van der Waals surface area contributed by atoms with E-state index >= 15 is 0 Å². The molecule has 2 amide bonds. The van der Waals surface area contributed by atoms with Crippen molar-refractivity contribution in [1.29, 1.82) is 0 Å². The zero-order valence-corrected chi connectivity index (χ0v) is 16.1. The molecule has 6 heteroatoms. The number of pyridine rings is 1. The zero-order chi connectivity index (χ0) is 18.5. The third-order valence-corrected chi connectivity index (χ3v) is 6.13. The van der Waals surface area contributed by atoms with E-state index in [4.69, 9.17) is 0 Å². The summed E-state index contributed by atoms with van der Waals surface area (Å²) in [5, 5.41) is 3.01. The summed E-state index contributed by atoms with van der Waals surface area (Å²) in [4.78, 5) is 33.0. The fourth-order valence-electron chi connectivity index (χ4n) is 3.36. The van der Waals surface area contributed by atoms with Crippen LogP contribution in [0.3, 0.4) is 0 Å². The van der Waals surface area contributed by atoms with E-state index in [1.54, 1.807) is 23.7 Å².